The number of methoxy groups -OCH3 is 1. The average Bonchev–Trinajstić information content (AvgIpc) is 3.20. The number of aryl methyl sites for hydroxylation is 1. The van der Waals surface area contributed by atoms with Crippen molar-refractivity contribution in [3.63, 3.8) is 0 Å². The van der Waals surface area contributed by atoms with Crippen molar-refractivity contribution in [2.75, 3.05) is 38.3 Å². The van der Waals surface area contributed by atoms with Gasteiger partial charge in [0, 0.05) is 24.0 Å². The monoisotopic (exact) mass is 362 g/mol. The molecule has 2 aromatic rings. The highest BCUT2D eigenvalue weighted by Crippen LogP contribution is 2.41. The number of rotatable bonds is 6. The first-order chi connectivity index (χ1) is 12.2. The largest absolute Gasteiger partial charge is 0.481 e. The number of nitrogens with zero attached hydrogens (tertiary/aromatic N) is 4. The topological polar surface area (TPSA) is 69.6 Å². The molecule has 0 aromatic carbocycles. The highest BCUT2D eigenvalue weighted by Gasteiger charge is 2.53. The van der Waals surface area contributed by atoms with E-state index in [9.17, 15) is 0 Å². The number of ether oxygens (including phenoxy) is 3. The molecule has 2 aromatic heterocycles. The van der Waals surface area contributed by atoms with E-state index in [0.717, 1.165) is 42.6 Å². The highest BCUT2D eigenvalue weighted by molar-refractivity contribution is 7.09. The zero-order chi connectivity index (χ0) is 17.3. The first-order valence-corrected chi connectivity index (χ1v) is 9.30. The molecule has 2 saturated heterocycles. The van der Waals surface area contributed by atoms with Crippen molar-refractivity contribution < 1.29 is 14.2 Å². The molecule has 0 saturated carbocycles. The third-order valence-corrected chi connectivity index (χ3v) is 5.74. The maximum Gasteiger partial charge on any atom is 0.218 e. The van der Waals surface area contributed by atoms with Crippen LogP contribution in [-0.2, 0) is 16.1 Å². The minimum atomic E-state index is -0.115. The van der Waals surface area contributed by atoms with E-state index in [2.05, 4.69) is 25.2 Å². The van der Waals surface area contributed by atoms with Crippen LogP contribution in [0, 0.1) is 12.8 Å². The second kappa shape index (κ2) is 6.86. The third kappa shape index (κ3) is 3.33. The summed E-state index contributed by atoms with van der Waals surface area (Å²) >= 11 is 1.66. The fourth-order valence-corrected chi connectivity index (χ4v) is 4.12. The molecule has 4 heterocycles. The van der Waals surface area contributed by atoms with Crippen molar-refractivity contribution in [2.24, 2.45) is 5.92 Å². The molecule has 134 valence electrons. The Balaban J connectivity index is 1.32. The van der Waals surface area contributed by atoms with Crippen molar-refractivity contribution in [1.82, 2.24) is 15.0 Å². The molecule has 1 atom stereocenters. The number of hydrogen-bond acceptors (Lipinski definition) is 8. The molecule has 0 bridgehead atoms. The summed E-state index contributed by atoms with van der Waals surface area (Å²) in [5, 5.41) is 3.14. The fourth-order valence-electron chi connectivity index (χ4n) is 3.53. The van der Waals surface area contributed by atoms with E-state index in [4.69, 9.17) is 14.2 Å². The Morgan fingerprint density at radius 3 is 3.04 bits per heavy atom. The van der Waals surface area contributed by atoms with Crippen LogP contribution in [-0.4, -0.2) is 54.0 Å². The number of aromatic nitrogens is 3. The van der Waals surface area contributed by atoms with E-state index in [1.807, 2.05) is 13.0 Å². The SMILES string of the molecule is COc1cc(N2CC3(C2)OCC[C@@H]3COCc2csc(C)n2)ncn1. The Labute approximate surface area is 151 Å². The van der Waals surface area contributed by atoms with Crippen molar-refractivity contribution in [3.8, 4) is 5.88 Å². The fraction of sp³-hybridized carbons (Fsp3) is 0.588. The smallest absolute Gasteiger partial charge is 0.218 e. The van der Waals surface area contributed by atoms with Crippen LogP contribution in [0.25, 0.3) is 0 Å². The Morgan fingerprint density at radius 1 is 1.40 bits per heavy atom. The quantitative estimate of drug-likeness (QED) is 0.779. The lowest BCUT2D eigenvalue weighted by Crippen LogP contribution is -2.65. The Bertz CT molecular complexity index is 732. The van der Waals surface area contributed by atoms with Gasteiger partial charge < -0.3 is 19.1 Å². The summed E-state index contributed by atoms with van der Waals surface area (Å²) < 4.78 is 17.2. The van der Waals surface area contributed by atoms with Gasteiger partial charge in [-0.05, 0) is 13.3 Å². The van der Waals surface area contributed by atoms with Crippen molar-refractivity contribution in [1.29, 1.82) is 0 Å². The third-order valence-electron chi connectivity index (χ3n) is 4.91. The summed E-state index contributed by atoms with van der Waals surface area (Å²) in [6.45, 7) is 5.75. The average molecular weight is 362 g/mol. The molecule has 8 heteroatoms. The van der Waals surface area contributed by atoms with Crippen LogP contribution in [0.2, 0.25) is 0 Å². The molecule has 25 heavy (non-hydrogen) atoms. The van der Waals surface area contributed by atoms with Crippen LogP contribution in [0.15, 0.2) is 17.8 Å². The second-order valence-electron chi connectivity index (χ2n) is 6.55. The van der Waals surface area contributed by atoms with Gasteiger partial charge in [0.05, 0.1) is 44.1 Å². The van der Waals surface area contributed by atoms with Crippen LogP contribution >= 0.6 is 11.3 Å². The minimum Gasteiger partial charge on any atom is -0.481 e. The molecular formula is C17H22N4O3S. The summed E-state index contributed by atoms with van der Waals surface area (Å²) in [4.78, 5) is 15.0. The zero-order valence-corrected chi connectivity index (χ0v) is 15.3. The van der Waals surface area contributed by atoms with Gasteiger partial charge in [0.2, 0.25) is 5.88 Å². The maximum absolute atomic E-state index is 6.09. The summed E-state index contributed by atoms with van der Waals surface area (Å²) in [5.74, 6) is 1.87. The molecule has 0 aliphatic carbocycles. The van der Waals surface area contributed by atoms with E-state index in [0.29, 0.717) is 25.0 Å². The summed E-state index contributed by atoms with van der Waals surface area (Å²) in [6.07, 6.45) is 2.57. The van der Waals surface area contributed by atoms with Gasteiger partial charge in [0.1, 0.15) is 17.7 Å². The molecule has 7 nitrogen and oxygen atoms in total. The number of hydrogen-bond donors (Lipinski definition) is 0. The molecule has 2 fully saturated rings. The Hall–Kier alpha value is -1.77. The van der Waals surface area contributed by atoms with E-state index in [-0.39, 0.29) is 5.60 Å². The van der Waals surface area contributed by atoms with Crippen LogP contribution in [0.4, 0.5) is 5.82 Å². The van der Waals surface area contributed by atoms with E-state index >= 15 is 0 Å². The van der Waals surface area contributed by atoms with E-state index < -0.39 is 0 Å². The second-order valence-corrected chi connectivity index (χ2v) is 7.61. The zero-order valence-electron chi connectivity index (χ0n) is 14.5. The van der Waals surface area contributed by atoms with Crippen LogP contribution in [0.3, 0.4) is 0 Å². The van der Waals surface area contributed by atoms with Gasteiger partial charge in [-0.3, -0.25) is 0 Å². The maximum atomic E-state index is 6.09. The highest BCUT2D eigenvalue weighted by atomic mass is 32.1. The normalized spacial score (nSPS) is 21.5. The van der Waals surface area contributed by atoms with Crippen LogP contribution < -0.4 is 9.64 Å². The first kappa shape index (κ1) is 16.7. The molecule has 0 unspecified atom stereocenters. The van der Waals surface area contributed by atoms with Gasteiger partial charge in [-0.25, -0.2) is 15.0 Å². The predicted octanol–water partition coefficient (Wildman–Crippen LogP) is 2.06. The molecule has 2 aliphatic heterocycles. The Morgan fingerprint density at radius 2 is 2.28 bits per heavy atom. The van der Waals surface area contributed by atoms with Crippen molar-refractivity contribution in [3.05, 3.63) is 28.5 Å². The molecule has 2 aliphatic rings. The molecular weight excluding hydrogens is 340 g/mol. The van der Waals surface area contributed by atoms with E-state index in [1.165, 1.54) is 6.33 Å². The Kier molecular flexibility index (Phi) is 4.58. The van der Waals surface area contributed by atoms with Crippen LogP contribution in [0.1, 0.15) is 17.1 Å². The standard InChI is InChI=1S/C17H22N4O3S/c1-12-20-14(8-25-12)7-23-6-13-3-4-24-17(13)9-21(10-17)15-5-16(22-2)19-11-18-15/h5,8,11,13H,3-4,6-7,9-10H2,1-2H3/t13-/m1/s1. The lowest BCUT2D eigenvalue weighted by Gasteiger charge is -2.50. The van der Waals surface area contributed by atoms with Gasteiger partial charge in [-0.1, -0.05) is 0 Å². The molecule has 0 amide bonds. The summed E-state index contributed by atoms with van der Waals surface area (Å²) in [6, 6.07) is 1.86. The number of anilines is 1. The first-order valence-electron chi connectivity index (χ1n) is 8.42. The lowest BCUT2D eigenvalue weighted by atomic mass is 9.81. The summed E-state index contributed by atoms with van der Waals surface area (Å²) in [5.41, 5.74) is 0.898. The lowest BCUT2D eigenvalue weighted by molar-refractivity contribution is -0.0656. The van der Waals surface area contributed by atoms with Crippen molar-refractivity contribution >= 4 is 17.2 Å². The van der Waals surface area contributed by atoms with Gasteiger partial charge >= 0.3 is 0 Å². The van der Waals surface area contributed by atoms with Crippen molar-refractivity contribution in [2.45, 2.75) is 25.6 Å². The van der Waals surface area contributed by atoms with Gasteiger partial charge in [-0.15, -0.1) is 11.3 Å². The van der Waals surface area contributed by atoms with Gasteiger partial charge in [-0.2, -0.15) is 0 Å². The molecule has 0 radical (unpaired) electrons. The molecule has 0 N–H and O–H groups in total. The number of thiazole rings is 1. The van der Waals surface area contributed by atoms with Crippen LogP contribution in [0.5, 0.6) is 5.88 Å². The van der Waals surface area contributed by atoms with E-state index in [1.54, 1.807) is 18.4 Å². The minimum absolute atomic E-state index is 0.115. The summed E-state index contributed by atoms with van der Waals surface area (Å²) in [7, 11) is 1.61. The van der Waals surface area contributed by atoms with Gasteiger partial charge in [0.15, 0.2) is 0 Å². The predicted molar refractivity (Wildman–Crippen MR) is 94.1 cm³/mol. The molecule has 4 rings (SSSR count). The van der Waals surface area contributed by atoms with Gasteiger partial charge in [0.25, 0.3) is 0 Å². The molecule has 1 spiro atoms.